The third kappa shape index (κ3) is 11.6. The Morgan fingerprint density at radius 1 is 0.924 bits per heavy atom. The summed E-state index contributed by atoms with van der Waals surface area (Å²) in [5, 5.41) is 19.1. The van der Waals surface area contributed by atoms with Crippen LogP contribution in [-0.2, 0) is 37.0 Å². The van der Waals surface area contributed by atoms with Crippen molar-refractivity contribution in [3.63, 3.8) is 0 Å². The quantitative estimate of drug-likeness (QED) is 0.112. The van der Waals surface area contributed by atoms with Gasteiger partial charge >= 0.3 is 0 Å². The minimum atomic E-state index is -1.27. The van der Waals surface area contributed by atoms with Crippen molar-refractivity contribution in [2.24, 2.45) is 10.4 Å². The number of rotatable bonds is 12. The highest BCUT2D eigenvalue weighted by molar-refractivity contribution is 7.15. The van der Waals surface area contributed by atoms with Crippen molar-refractivity contribution in [1.29, 1.82) is 0 Å². The summed E-state index contributed by atoms with van der Waals surface area (Å²) in [7, 11) is 0. The molecule has 7 rings (SSSR count). The molecule has 4 amide bonds. The zero-order chi connectivity index (χ0) is 48.3. The first-order valence-electron chi connectivity index (χ1n) is 22.1. The van der Waals surface area contributed by atoms with Crippen molar-refractivity contribution < 1.29 is 23.9 Å². The van der Waals surface area contributed by atoms with Gasteiger partial charge in [0.1, 0.15) is 35.1 Å². The second-order valence-electron chi connectivity index (χ2n) is 19.1. The van der Waals surface area contributed by atoms with E-state index < -0.39 is 34.5 Å². The van der Waals surface area contributed by atoms with Crippen LogP contribution in [0.15, 0.2) is 59.0 Å². The van der Waals surface area contributed by atoms with E-state index in [9.17, 15) is 19.2 Å². The number of hydrogen-bond donors (Lipinski definition) is 3. The van der Waals surface area contributed by atoms with Crippen molar-refractivity contribution in [2.75, 3.05) is 13.2 Å². The minimum Gasteiger partial charge on any atom is -0.363 e. The number of likely N-dealkylation sites (tertiary alicyclic amines) is 1. The summed E-state index contributed by atoms with van der Waals surface area (Å²) >= 11 is 9.40. The molecule has 1 fully saturated rings. The molecule has 0 aliphatic carbocycles. The van der Waals surface area contributed by atoms with Gasteiger partial charge in [0.25, 0.3) is 5.91 Å². The molecule has 0 saturated carbocycles. The Bertz CT molecular complexity index is 2610. The number of thiophene rings is 1. The highest BCUT2D eigenvalue weighted by Gasteiger charge is 2.44. The molecular weight excluding hydrogens is 894 g/mol. The van der Waals surface area contributed by atoms with Crippen molar-refractivity contribution >= 4 is 63.6 Å². The fraction of sp³-hybridized carbons (Fsp3) is 0.469. The molecule has 2 unspecified atom stereocenters. The number of benzene rings is 2. The van der Waals surface area contributed by atoms with Crippen LogP contribution < -0.4 is 16.0 Å². The molecule has 2 aliphatic rings. The van der Waals surface area contributed by atoms with Crippen LogP contribution in [0.5, 0.6) is 0 Å². The van der Waals surface area contributed by atoms with Crippen LogP contribution in [-0.4, -0.2) is 90.4 Å². The molecule has 0 spiro atoms. The van der Waals surface area contributed by atoms with E-state index >= 15 is 0 Å². The van der Waals surface area contributed by atoms with E-state index in [1.807, 2.05) is 88.7 Å². The highest BCUT2D eigenvalue weighted by Crippen LogP contribution is 2.36. The highest BCUT2D eigenvalue weighted by atomic mass is 35.5. The molecule has 14 nitrogen and oxygen atoms in total. The third-order valence-corrected chi connectivity index (χ3v) is 14.1. The predicted molar refractivity (Wildman–Crippen MR) is 262 cm³/mol. The fourth-order valence-electron chi connectivity index (χ4n) is 7.91. The lowest BCUT2D eigenvalue weighted by Crippen LogP contribution is -2.61. The smallest absolute Gasteiger partial charge is 0.252 e. The van der Waals surface area contributed by atoms with E-state index in [0.29, 0.717) is 32.5 Å². The van der Waals surface area contributed by atoms with Crippen molar-refractivity contribution in [3.8, 4) is 15.4 Å². The Morgan fingerprint density at radius 2 is 1.59 bits per heavy atom. The monoisotopic (exact) mass is 955 g/mol. The molecule has 17 heteroatoms. The van der Waals surface area contributed by atoms with Crippen LogP contribution in [0.3, 0.4) is 0 Å². The fourth-order valence-corrected chi connectivity index (χ4v) is 10.1. The molecular formula is C49H62ClN9O5S2. The molecule has 5 heterocycles. The summed E-state index contributed by atoms with van der Waals surface area (Å²) in [6.45, 7) is 23.6. The molecule has 3 N–H and O–H groups in total. The van der Waals surface area contributed by atoms with Crippen molar-refractivity contribution in [3.05, 3.63) is 104 Å². The van der Waals surface area contributed by atoms with Gasteiger partial charge in [0.2, 0.25) is 17.7 Å². The first-order valence-corrected chi connectivity index (χ1v) is 24.2. The Labute approximate surface area is 401 Å². The third-order valence-electron chi connectivity index (χ3n) is 11.7. The summed E-state index contributed by atoms with van der Waals surface area (Å²) in [5.74, 6) is 0.632. The van der Waals surface area contributed by atoms with Gasteiger partial charge in [-0.1, -0.05) is 68.8 Å². The predicted octanol–water partition coefficient (Wildman–Crippen LogP) is 8.22. The normalized spacial score (nSPS) is 15.4. The van der Waals surface area contributed by atoms with Crippen LogP contribution in [0.1, 0.15) is 113 Å². The van der Waals surface area contributed by atoms with Gasteiger partial charge in [0.05, 0.1) is 33.9 Å². The maximum Gasteiger partial charge on any atom is 0.252 e. The molecule has 0 radical (unpaired) electrons. The summed E-state index contributed by atoms with van der Waals surface area (Å²) in [6.07, 6.45) is 1.25. The van der Waals surface area contributed by atoms with Gasteiger partial charge in [-0.2, -0.15) is 0 Å². The summed E-state index contributed by atoms with van der Waals surface area (Å²) in [6, 6.07) is 14.4. The Balaban J connectivity index is 0.000000260. The molecule has 5 aromatic rings. The lowest BCUT2D eigenvalue weighted by molar-refractivity contribution is -0.152. The van der Waals surface area contributed by atoms with E-state index in [1.165, 1.54) is 22.9 Å². The molecule has 352 valence electrons. The lowest BCUT2D eigenvalue weighted by atomic mass is 9.85. The first-order chi connectivity index (χ1) is 31.0. The van der Waals surface area contributed by atoms with E-state index in [2.05, 4.69) is 49.5 Å². The standard InChI is InChI=1S/C32H47N5O5S.C17H15ClN4S/c1-20-25(43-19-34-20)23-14-12-22(13-15-23)17-33-27(39)24-11-10-16-37(24)28(40)26(30(3,4)5)35-29(41)32(8,9)42-18-31(6,7)36-21(2)38;1-9-10(2)23-17-15(9)16(12-4-6-13(18)7-5-12)19-8-14-21-20-11(3)22(14)17/h12-15,19,24,26H,10-11,16-18H2,1-9H3,(H,33,39)(H,35,41)(H,36,38);4-7H,8H2,1-3H3. The number of thiazole rings is 1. The summed E-state index contributed by atoms with van der Waals surface area (Å²) < 4.78 is 8.06. The number of nitrogens with one attached hydrogen (secondary N) is 3. The van der Waals surface area contributed by atoms with E-state index in [4.69, 9.17) is 21.3 Å². The zero-order valence-corrected chi connectivity index (χ0v) is 42.4. The number of fused-ring (bicyclic) bond motifs is 3. The van der Waals surface area contributed by atoms with Gasteiger partial charge in [0.15, 0.2) is 5.82 Å². The van der Waals surface area contributed by atoms with E-state index in [0.717, 1.165) is 54.6 Å². The van der Waals surface area contributed by atoms with Gasteiger partial charge in [-0.25, -0.2) is 4.98 Å². The largest absolute Gasteiger partial charge is 0.363 e. The average Bonchev–Trinajstić information content (AvgIpc) is 4.04. The number of amides is 4. The number of aryl methyl sites for hydroxylation is 3. The average molecular weight is 957 g/mol. The SMILES string of the molecule is CC(=O)NC(C)(C)COC(C)(C)C(=O)NC(C(=O)N1CCCC1C(=O)NCc1ccc(-c2scnc2C)cc1)C(C)(C)C.Cc1sc2c(c1C)C(c1ccc(Cl)cc1)=NCc1nnc(C)n1-2. The minimum absolute atomic E-state index is 0.100. The molecule has 2 aromatic carbocycles. The van der Waals surface area contributed by atoms with E-state index in [-0.39, 0.29) is 24.3 Å². The Morgan fingerprint density at radius 3 is 2.21 bits per heavy atom. The number of nitrogens with zero attached hydrogens (tertiary/aromatic N) is 6. The maximum absolute atomic E-state index is 13.9. The topological polar surface area (TPSA) is 173 Å². The first kappa shape index (κ1) is 50.1. The number of carbonyl (C=O) groups excluding carboxylic acids is 4. The number of ether oxygens (including phenoxy) is 1. The molecule has 3 aromatic heterocycles. The van der Waals surface area contributed by atoms with Crippen LogP contribution in [0.25, 0.3) is 15.4 Å². The number of hydrogen-bond acceptors (Lipinski definition) is 11. The summed E-state index contributed by atoms with van der Waals surface area (Å²) in [5.41, 5.74) is 6.81. The molecule has 66 heavy (non-hydrogen) atoms. The molecule has 1 saturated heterocycles. The Kier molecular flexibility index (Phi) is 15.4. The van der Waals surface area contributed by atoms with Gasteiger partial charge < -0.3 is 25.6 Å². The molecule has 0 bridgehead atoms. The van der Waals surface area contributed by atoms with Gasteiger partial charge in [0, 0.05) is 41.0 Å². The van der Waals surface area contributed by atoms with Gasteiger partial charge in [-0.15, -0.1) is 32.9 Å². The second kappa shape index (κ2) is 20.3. The lowest BCUT2D eigenvalue weighted by Gasteiger charge is -2.38. The van der Waals surface area contributed by atoms with Gasteiger partial charge in [-0.3, -0.25) is 28.7 Å². The van der Waals surface area contributed by atoms with Crippen LogP contribution >= 0.6 is 34.3 Å². The second-order valence-corrected chi connectivity index (χ2v) is 21.6. The number of aliphatic imine (C=N–C) groups is 1. The summed E-state index contributed by atoms with van der Waals surface area (Å²) in [4.78, 5) is 65.3. The van der Waals surface area contributed by atoms with Crippen LogP contribution in [0, 0.1) is 33.1 Å². The van der Waals surface area contributed by atoms with E-state index in [1.54, 1.807) is 55.3 Å². The number of aromatic nitrogens is 4. The van der Waals surface area contributed by atoms with Crippen LogP contribution in [0.4, 0.5) is 0 Å². The molecule has 2 atom stereocenters. The van der Waals surface area contributed by atoms with Crippen molar-refractivity contribution in [1.82, 2.24) is 40.6 Å². The Hall–Kier alpha value is -5.29. The maximum atomic E-state index is 13.9. The zero-order valence-electron chi connectivity index (χ0n) is 40.0. The van der Waals surface area contributed by atoms with Crippen LogP contribution in [0.2, 0.25) is 5.02 Å². The number of carbonyl (C=O) groups is 4. The van der Waals surface area contributed by atoms with Crippen molar-refractivity contribution in [2.45, 2.75) is 132 Å². The number of halogens is 1. The molecule has 2 aliphatic heterocycles. The van der Waals surface area contributed by atoms with Gasteiger partial charge in [-0.05, 0) is 102 Å².